The molecule has 2 aliphatic rings. The predicted octanol–water partition coefficient (Wildman–Crippen LogP) is 2.97. The zero-order valence-electron chi connectivity index (χ0n) is 9.94. The lowest BCUT2D eigenvalue weighted by molar-refractivity contribution is 0.187. The SMILES string of the molecule is Brc1csc(N2CCN(C3CCCC3)CC2)n1. The molecule has 94 valence electrons. The summed E-state index contributed by atoms with van der Waals surface area (Å²) in [6.45, 7) is 4.69. The summed E-state index contributed by atoms with van der Waals surface area (Å²) >= 11 is 5.17. The number of halogens is 1. The average molecular weight is 316 g/mol. The molecule has 3 rings (SSSR count). The molecule has 0 N–H and O–H groups in total. The van der Waals surface area contributed by atoms with Crippen LogP contribution in [0, 0.1) is 0 Å². The van der Waals surface area contributed by atoms with Gasteiger partial charge in [0, 0.05) is 37.6 Å². The third-order valence-corrected chi connectivity index (χ3v) is 5.50. The molecule has 17 heavy (non-hydrogen) atoms. The summed E-state index contributed by atoms with van der Waals surface area (Å²) in [5.74, 6) is 0. The van der Waals surface area contributed by atoms with Crippen LogP contribution in [0.1, 0.15) is 25.7 Å². The first-order chi connectivity index (χ1) is 8.33. The molecule has 0 atom stereocenters. The van der Waals surface area contributed by atoms with E-state index in [1.807, 2.05) is 0 Å². The van der Waals surface area contributed by atoms with E-state index >= 15 is 0 Å². The number of thiazole rings is 1. The zero-order chi connectivity index (χ0) is 11.7. The van der Waals surface area contributed by atoms with E-state index in [9.17, 15) is 0 Å². The number of hydrogen-bond acceptors (Lipinski definition) is 4. The Kier molecular flexibility index (Phi) is 3.68. The fourth-order valence-corrected chi connectivity index (χ4v) is 4.24. The van der Waals surface area contributed by atoms with Gasteiger partial charge in [-0.05, 0) is 28.8 Å². The maximum absolute atomic E-state index is 4.50. The Hall–Kier alpha value is -0.130. The average Bonchev–Trinajstić information content (AvgIpc) is 3.00. The van der Waals surface area contributed by atoms with Gasteiger partial charge in [-0.25, -0.2) is 4.98 Å². The zero-order valence-corrected chi connectivity index (χ0v) is 12.3. The maximum Gasteiger partial charge on any atom is 0.186 e. The van der Waals surface area contributed by atoms with Crippen LogP contribution >= 0.6 is 27.3 Å². The lowest BCUT2D eigenvalue weighted by Gasteiger charge is -2.37. The summed E-state index contributed by atoms with van der Waals surface area (Å²) in [5.41, 5.74) is 0. The Morgan fingerprint density at radius 1 is 1.18 bits per heavy atom. The molecule has 2 heterocycles. The fraction of sp³-hybridized carbons (Fsp3) is 0.750. The molecule has 0 unspecified atom stereocenters. The Labute approximate surface area is 115 Å². The largest absolute Gasteiger partial charge is 0.345 e. The van der Waals surface area contributed by atoms with E-state index in [1.165, 1.54) is 43.9 Å². The second kappa shape index (κ2) is 5.24. The normalized spacial score (nSPS) is 23.5. The lowest BCUT2D eigenvalue weighted by atomic mass is 10.2. The van der Waals surface area contributed by atoms with E-state index in [0.717, 1.165) is 23.7 Å². The molecule has 0 bridgehead atoms. The van der Waals surface area contributed by atoms with E-state index in [-0.39, 0.29) is 0 Å². The van der Waals surface area contributed by atoms with Crippen molar-refractivity contribution in [2.24, 2.45) is 0 Å². The summed E-state index contributed by atoms with van der Waals surface area (Å²) in [7, 11) is 0. The highest BCUT2D eigenvalue weighted by Gasteiger charge is 2.26. The Bertz CT molecular complexity index is 368. The standard InChI is InChI=1S/C12H18BrN3S/c13-11-9-17-12(14-11)16-7-5-15(6-8-16)10-3-1-2-4-10/h9-10H,1-8H2. The minimum absolute atomic E-state index is 0.875. The van der Waals surface area contributed by atoms with Gasteiger partial charge in [0.2, 0.25) is 0 Å². The summed E-state index contributed by atoms with van der Waals surface area (Å²) < 4.78 is 0.968. The number of rotatable bonds is 2. The molecular weight excluding hydrogens is 298 g/mol. The van der Waals surface area contributed by atoms with Crippen molar-refractivity contribution in [1.29, 1.82) is 0 Å². The first-order valence-electron chi connectivity index (χ1n) is 6.43. The Morgan fingerprint density at radius 3 is 2.47 bits per heavy atom. The molecule has 0 aromatic carbocycles. The molecule has 1 aliphatic heterocycles. The van der Waals surface area contributed by atoms with E-state index in [4.69, 9.17) is 0 Å². The molecule has 5 heteroatoms. The molecule has 1 aliphatic carbocycles. The molecule has 1 saturated heterocycles. The second-order valence-corrected chi connectivity index (χ2v) is 6.56. The van der Waals surface area contributed by atoms with E-state index < -0.39 is 0 Å². The van der Waals surface area contributed by atoms with Crippen LogP contribution in [0.5, 0.6) is 0 Å². The Morgan fingerprint density at radius 2 is 1.88 bits per heavy atom. The van der Waals surface area contributed by atoms with Crippen molar-refractivity contribution in [3.05, 3.63) is 9.98 Å². The molecule has 0 radical (unpaired) electrons. The number of hydrogen-bond donors (Lipinski definition) is 0. The highest BCUT2D eigenvalue weighted by Crippen LogP contribution is 2.27. The van der Waals surface area contributed by atoms with Crippen LogP contribution < -0.4 is 4.90 Å². The number of piperazine rings is 1. The molecule has 0 spiro atoms. The van der Waals surface area contributed by atoms with Crippen LogP contribution in [0.25, 0.3) is 0 Å². The molecule has 0 amide bonds. The van der Waals surface area contributed by atoms with Gasteiger partial charge in [0.15, 0.2) is 5.13 Å². The van der Waals surface area contributed by atoms with Crippen LogP contribution in [-0.2, 0) is 0 Å². The Balaban J connectivity index is 1.56. The molecule has 1 saturated carbocycles. The molecule has 1 aromatic heterocycles. The summed E-state index contributed by atoms with van der Waals surface area (Å²) in [5, 5.41) is 3.24. The van der Waals surface area contributed by atoms with Crippen molar-refractivity contribution in [2.45, 2.75) is 31.7 Å². The second-order valence-electron chi connectivity index (χ2n) is 4.91. The van der Waals surface area contributed by atoms with Crippen molar-refractivity contribution >= 4 is 32.4 Å². The van der Waals surface area contributed by atoms with Gasteiger partial charge in [-0.1, -0.05) is 12.8 Å². The first-order valence-corrected chi connectivity index (χ1v) is 8.10. The smallest absolute Gasteiger partial charge is 0.186 e. The van der Waals surface area contributed by atoms with Crippen molar-refractivity contribution < 1.29 is 0 Å². The van der Waals surface area contributed by atoms with Gasteiger partial charge >= 0.3 is 0 Å². The minimum Gasteiger partial charge on any atom is -0.345 e. The van der Waals surface area contributed by atoms with Crippen molar-refractivity contribution in [3.63, 3.8) is 0 Å². The fourth-order valence-electron chi connectivity index (χ4n) is 2.94. The summed E-state index contributed by atoms with van der Waals surface area (Å²) in [4.78, 5) is 9.60. The number of nitrogens with zero attached hydrogens (tertiary/aromatic N) is 3. The number of anilines is 1. The minimum atomic E-state index is 0.875. The van der Waals surface area contributed by atoms with E-state index in [2.05, 4.69) is 36.1 Å². The van der Waals surface area contributed by atoms with Crippen LogP contribution in [0.15, 0.2) is 9.98 Å². The van der Waals surface area contributed by atoms with E-state index in [0.29, 0.717) is 0 Å². The van der Waals surface area contributed by atoms with Gasteiger partial charge in [0.05, 0.1) is 0 Å². The van der Waals surface area contributed by atoms with Crippen molar-refractivity contribution in [3.8, 4) is 0 Å². The topological polar surface area (TPSA) is 19.4 Å². The molecular formula is C12H18BrN3S. The van der Waals surface area contributed by atoms with Crippen molar-refractivity contribution in [2.75, 3.05) is 31.1 Å². The molecule has 2 fully saturated rings. The van der Waals surface area contributed by atoms with Gasteiger partial charge in [-0.2, -0.15) is 0 Å². The van der Waals surface area contributed by atoms with Crippen molar-refractivity contribution in [1.82, 2.24) is 9.88 Å². The summed E-state index contributed by atoms with van der Waals surface area (Å²) in [6.07, 6.45) is 5.71. The molecule has 1 aromatic rings. The first kappa shape index (κ1) is 11.9. The van der Waals surface area contributed by atoms with Crippen LogP contribution in [-0.4, -0.2) is 42.1 Å². The third kappa shape index (κ3) is 2.66. The van der Waals surface area contributed by atoms with Gasteiger partial charge in [-0.15, -0.1) is 11.3 Å². The number of aromatic nitrogens is 1. The quantitative estimate of drug-likeness (QED) is 0.836. The van der Waals surface area contributed by atoms with Gasteiger partial charge in [-0.3, -0.25) is 4.90 Å². The monoisotopic (exact) mass is 315 g/mol. The highest BCUT2D eigenvalue weighted by atomic mass is 79.9. The molecule has 3 nitrogen and oxygen atoms in total. The van der Waals surface area contributed by atoms with Gasteiger partial charge < -0.3 is 4.90 Å². The van der Waals surface area contributed by atoms with Gasteiger partial charge in [0.25, 0.3) is 0 Å². The maximum atomic E-state index is 4.50. The summed E-state index contributed by atoms with van der Waals surface area (Å²) in [6, 6.07) is 0.875. The highest BCUT2D eigenvalue weighted by molar-refractivity contribution is 9.10. The van der Waals surface area contributed by atoms with Crippen LogP contribution in [0.3, 0.4) is 0 Å². The lowest BCUT2D eigenvalue weighted by Crippen LogP contribution is -2.49. The van der Waals surface area contributed by atoms with Gasteiger partial charge in [0.1, 0.15) is 4.60 Å². The van der Waals surface area contributed by atoms with Crippen LogP contribution in [0.2, 0.25) is 0 Å². The van der Waals surface area contributed by atoms with Crippen LogP contribution in [0.4, 0.5) is 5.13 Å². The predicted molar refractivity (Wildman–Crippen MR) is 75.9 cm³/mol. The third-order valence-electron chi connectivity index (χ3n) is 3.89. The van der Waals surface area contributed by atoms with E-state index in [1.54, 1.807) is 11.3 Å².